The fourth-order valence-electron chi connectivity index (χ4n) is 3.65. The molecule has 3 heterocycles. The smallest absolute Gasteiger partial charge is 0.262 e. The van der Waals surface area contributed by atoms with Crippen molar-refractivity contribution < 1.29 is 14.4 Å². The molecular weight excluding hydrogens is 336 g/mol. The van der Waals surface area contributed by atoms with Crippen LogP contribution in [0.3, 0.4) is 0 Å². The molecule has 0 aliphatic carbocycles. The topological polar surface area (TPSA) is 114 Å². The van der Waals surface area contributed by atoms with Crippen LogP contribution in [0.25, 0.3) is 5.69 Å². The molecule has 132 valence electrons. The van der Waals surface area contributed by atoms with E-state index in [0.717, 1.165) is 11.6 Å². The summed E-state index contributed by atoms with van der Waals surface area (Å²) in [6.45, 7) is 3.67. The number of carbonyl (C=O) groups excluding carboxylic acids is 3. The van der Waals surface area contributed by atoms with E-state index in [-0.39, 0.29) is 22.9 Å². The predicted molar refractivity (Wildman–Crippen MR) is 94.7 cm³/mol. The number of hydrogen-bond donors (Lipinski definition) is 2. The molecule has 0 fully saturated rings. The highest BCUT2D eigenvalue weighted by Gasteiger charge is 2.42. The molecule has 0 atom stereocenters. The molecule has 0 radical (unpaired) electrons. The van der Waals surface area contributed by atoms with Crippen LogP contribution in [0.2, 0.25) is 0 Å². The number of nitrogens with one attached hydrogen (secondary N) is 1. The zero-order chi connectivity index (χ0) is 19.0. The third-order valence-electron chi connectivity index (χ3n) is 5.07. The van der Waals surface area contributed by atoms with Gasteiger partial charge in [0.25, 0.3) is 17.4 Å². The van der Waals surface area contributed by atoms with Gasteiger partial charge >= 0.3 is 0 Å². The normalized spacial score (nSPS) is 17.3. The number of fused-ring (bicyclic) bond motifs is 2. The van der Waals surface area contributed by atoms with Gasteiger partial charge in [-0.25, -0.2) is 0 Å². The Hall–Kier alpha value is -3.42. The van der Waals surface area contributed by atoms with Crippen LogP contribution in [0.4, 0.5) is 11.5 Å². The molecule has 0 saturated heterocycles. The number of likely N-dealkylation sites (N-methyl/N-ethyl adjacent to an activating group) is 1. The molecule has 0 bridgehead atoms. The molecule has 1 aromatic heterocycles. The highest BCUT2D eigenvalue weighted by Crippen LogP contribution is 2.41. The molecule has 26 heavy (non-hydrogen) atoms. The lowest BCUT2D eigenvalue weighted by Crippen LogP contribution is -2.33. The van der Waals surface area contributed by atoms with Crippen LogP contribution in [-0.2, 0) is 10.2 Å². The van der Waals surface area contributed by atoms with E-state index in [4.69, 9.17) is 5.73 Å². The minimum absolute atomic E-state index is 0.0140. The molecule has 4 rings (SSSR count). The number of nitrogens with two attached hydrogens (primary N) is 1. The standard InChI is InChI=1S/C18H16N4O4/c1-18(2)10-5-4-8(6-11(10)21(3)17(18)26)22-12(23)7-9-13(14(22)19)16(25)20-15(9)24/h4-7H,19H2,1-3H3,(H,20,24,25). The maximum atomic E-state index is 12.5. The van der Waals surface area contributed by atoms with Gasteiger partial charge in [0, 0.05) is 18.8 Å². The Morgan fingerprint density at radius 3 is 2.42 bits per heavy atom. The van der Waals surface area contributed by atoms with Crippen molar-refractivity contribution in [1.82, 2.24) is 9.88 Å². The Bertz CT molecular complexity index is 1100. The van der Waals surface area contributed by atoms with Crippen LogP contribution in [-0.4, -0.2) is 29.3 Å². The Kier molecular flexibility index (Phi) is 2.97. The fraction of sp³-hybridized carbons (Fsp3) is 0.222. The molecule has 2 aliphatic rings. The summed E-state index contributed by atoms with van der Waals surface area (Å²) in [6.07, 6.45) is 0. The van der Waals surface area contributed by atoms with Crippen molar-refractivity contribution in [3.05, 3.63) is 51.3 Å². The molecule has 3 N–H and O–H groups in total. The number of amides is 3. The van der Waals surface area contributed by atoms with Gasteiger partial charge in [-0.1, -0.05) is 6.07 Å². The van der Waals surface area contributed by atoms with Gasteiger partial charge in [0.1, 0.15) is 5.82 Å². The second-order valence-electron chi connectivity index (χ2n) is 6.97. The zero-order valence-corrected chi connectivity index (χ0v) is 14.4. The van der Waals surface area contributed by atoms with Crippen LogP contribution in [0.5, 0.6) is 0 Å². The quantitative estimate of drug-likeness (QED) is 0.728. The van der Waals surface area contributed by atoms with E-state index in [1.807, 2.05) is 13.8 Å². The minimum Gasteiger partial charge on any atom is -0.384 e. The Morgan fingerprint density at radius 1 is 1.04 bits per heavy atom. The first-order valence-corrected chi connectivity index (χ1v) is 7.99. The number of aromatic nitrogens is 1. The summed E-state index contributed by atoms with van der Waals surface area (Å²) < 4.78 is 1.17. The van der Waals surface area contributed by atoms with E-state index in [2.05, 4.69) is 5.32 Å². The van der Waals surface area contributed by atoms with Gasteiger partial charge in [-0.15, -0.1) is 0 Å². The number of benzene rings is 1. The van der Waals surface area contributed by atoms with Crippen LogP contribution >= 0.6 is 0 Å². The van der Waals surface area contributed by atoms with Crippen molar-refractivity contribution in [2.75, 3.05) is 17.7 Å². The Morgan fingerprint density at radius 2 is 1.73 bits per heavy atom. The average molecular weight is 352 g/mol. The van der Waals surface area contributed by atoms with E-state index < -0.39 is 22.8 Å². The monoisotopic (exact) mass is 352 g/mol. The van der Waals surface area contributed by atoms with Crippen molar-refractivity contribution in [2.24, 2.45) is 0 Å². The fourth-order valence-corrected chi connectivity index (χ4v) is 3.65. The summed E-state index contributed by atoms with van der Waals surface area (Å²) in [4.78, 5) is 50.2. The lowest BCUT2D eigenvalue weighted by Gasteiger charge is -2.16. The van der Waals surface area contributed by atoms with E-state index >= 15 is 0 Å². The first-order chi connectivity index (χ1) is 12.1. The van der Waals surface area contributed by atoms with Crippen molar-refractivity contribution in [1.29, 1.82) is 0 Å². The number of hydrogen-bond acceptors (Lipinski definition) is 5. The third-order valence-corrected chi connectivity index (χ3v) is 5.07. The summed E-state index contributed by atoms with van der Waals surface area (Å²) in [7, 11) is 1.67. The van der Waals surface area contributed by atoms with Crippen LogP contribution in [0.1, 0.15) is 40.1 Å². The maximum Gasteiger partial charge on any atom is 0.262 e. The zero-order valence-electron chi connectivity index (χ0n) is 14.4. The number of pyridine rings is 1. The van der Waals surface area contributed by atoms with E-state index in [1.165, 1.54) is 9.47 Å². The highest BCUT2D eigenvalue weighted by atomic mass is 16.2. The summed E-state index contributed by atoms with van der Waals surface area (Å²) >= 11 is 0. The minimum atomic E-state index is -0.663. The van der Waals surface area contributed by atoms with Gasteiger partial charge in [0.05, 0.1) is 22.2 Å². The second kappa shape index (κ2) is 4.81. The predicted octanol–water partition coefficient (Wildman–Crippen LogP) is 0.557. The number of nitrogens with zero attached hydrogens (tertiary/aromatic N) is 2. The van der Waals surface area contributed by atoms with Gasteiger partial charge in [-0.3, -0.25) is 29.1 Å². The molecular formula is C18H16N4O4. The van der Waals surface area contributed by atoms with Crippen molar-refractivity contribution in [3.63, 3.8) is 0 Å². The van der Waals surface area contributed by atoms with E-state index in [1.54, 1.807) is 25.2 Å². The molecule has 1 aromatic carbocycles. The number of rotatable bonds is 1. The first-order valence-electron chi connectivity index (χ1n) is 7.99. The van der Waals surface area contributed by atoms with Gasteiger partial charge in [-0.05, 0) is 31.5 Å². The van der Waals surface area contributed by atoms with Crippen LogP contribution in [0, 0.1) is 0 Å². The first kappa shape index (κ1) is 16.1. The van der Waals surface area contributed by atoms with Crippen molar-refractivity contribution in [3.8, 4) is 5.69 Å². The molecule has 0 spiro atoms. The summed E-state index contributed by atoms with van der Waals surface area (Å²) in [5.74, 6) is -1.43. The largest absolute Gasteiger partial charge is 0.384 e. The molecule has 0 unspecified atom stereocenters. The highest BCUT2D eigenvalue weighted by molar-refractivity contribution is 6.23. The van der Waals surface area contributed by atoms with E-state index in [0.29, 0.717) is 11.4 Å². The summed E-state index contributed by atoms with van der Waals surface area (Å²) in [6, 6.07) is 6.22. The molecule has 0 saturated carbocycles. The molecule has 3 amide bonds. The lowest BCUT2D eigenvalue weighted by atomic mass is 9.86. The SMILES string of the molecule is CN1C(=O)C(C)(C)c2ccc(-n3c(N)c4c(cc3=O)C(=O)NC4=O)cc21. The van der Waals surface area contributed by atoms with Gasteiger partial charge < -0.3 is 10.6 Å². The summed E-state index contributed by atoms with van der Waals surface area (Å²) in [5, 5.41) is 2.13. The molecule has 8 heteroatoms. The third kappa shape index (κ3) is 1.83. The number of imide groups is 1. The lowest BCUT2D eigenvalue weighted by molar-refractivity contribution is -0.121. The molecule has 2 aromatic rings. The number of nitrogen functional groups attached to an aromatic ring is 1. The number of anilines is 2. The average Bonchev–Trinajstić information content (AvgIpc) is 2.94. The maximum absolute atomic E-state index is 12.5. The van der Waals surface area contributed by atoms with Crippen LogP contribution in [0.15, 0.2) is 29.1 Å². The van der Waals surface area contributed by atoms with Crippen molar-refractivity contribution >= 4 is 29.2 Å². The van der Waals surface area contributed by atoms with E-state index in [9.17, 15) is 19.2 Å². The van der Waals surface area contributed by atoms with Crippen molar-refractivity contribution in [2.45, 2.75) is 19.3 Å². The second-order valence-corrected chi connectivity index (χ2v) is 6.97. The van der Waals surface area contributed by atoms with Gasteiger partial charge in [-0.2, -0.15) is 0 Å². The van der Waals surface area contributed by atoms with Gasteiger partial charge in [0.2, 0.25) is 5.91 Å². The Balaban J connectivity index is 1.96. The van der Waals surface area contributed by atoms with Crippen LogP contribution < -0.4 is 21.5 Å². The number of carbonyl (C=O) groups is 3. The van der Waals surface area contributed by atoms with Gasteiger partial charge in [0.15, 0.2) is 0 Å². The molecule has 2 aliphatic heterocycles. The summed E-state index contributed by atoms with van der Waals surface area (Å²) in [5.41, 5.74) is 6.75. The Labute approximate surface area is 148 Å². The molecule has 8 nitrogen and oxygen atoms in total.